The molecule has 25 heavy (non-hydrogen) atoms. The number of likely N-dealkylation sites (N-methyl/N-ethyl adjacent to an activating group) is 1. The zero-order chi connectivity index (χ0) is 18.6. The molecule has 1 saturated heterocycles. The Morgan fingerprint density at radius 3 is 2.56 bits per heavy atom. The first-order chi connectivity index (χ1) is 11.8. The molecular weight excluding hydrogens is 332 g/mol. The van der Waals surface area contributed by atoms with E-state index < -0.39 is 8.07 Å². The van der Waals surface area contributed by atoms with E-state index >= 15 is 0 Å². The monoisotopic (exact) mass is 364 g/mol. The molecule has 1 N–H and O–H groups in total. The predicted molar refractivity (Wildman–Crippen MR) is 105 cm³/mol. The molecule has 1 fully saturated rings. The van der Waals surface area contributed by atoms with Crippen molar-refractivity contribution in [2.75, 3.05) is 33.9 Å². The van der Waals surface area contributed by atoms with Crippen LogP contribution in [0, 0.1) is 0 Å². The Labute approximate surface area is 152 Å². The summed E-state index contributed by atoms with van der Waals surface area (Å²) in [7, 11) is 1.62. The van der Waals surface area contributed by atoms with Crippen molar-refractivity contribution < 1.29 is 14.3 Å². The molecule has 5 nitrogen and oxygen atoms in total. The Morgan fingerprint density at radius 1 is 1.28 bits per heavy atom. The van der Waals surface area contributed by atoms with Gasteiger partial charge in [-0.05, 0) is 38.1 Å². The molecule has 0 aromatic heterocycles. The number of carbonyl (C=O) groups excluding carboxylic acids is 1. The third-order valence-electron chi connectivity index (χ3n) is 4.99. The van der Waals surface area contributed by atoms with Crippen LogP contribution in [0.1, 0.15) is 30.1 Å². The lowest BCUT2D eigenvalue weighted by Gasteiger charge is -2.24. The van der Waals surface area contributed by atoms with Gasteiger partial charge in [-0.25, -0.2) is 0 Å². The van der Waals surface area contributed by atoms with Crippen LogP contribution in [0.5, 0.6) is 11.5 Å². The van der Waals surface area contributed by atoms with Gasteiger partial charge in [-0.3, -0.25) is 9.69 Å². The molecule has 1 amide bonds. The van der Waals surface area contributed by atoms with Gasteiger partial charge in [0, 0.05) is 12.6 Å². The van der Waals surface area contributed by atoms with Crippen molar-refractivity contribution in [1.29, 1.82) is 0 Å². The maximum absolute atomic E-state index is 12.9. The van der Waals surface area contributed by atoms with Crippen molar-refractivity contribution in [2.24, 2.45) is 0 Å². The van der Waals surface area contributed by atoms with Crippen molar-refractivity contribution in [3.63, 3.8) is 0 Å². The van der Waals surface area contributed by atoms with Crippen LogP contribution in [0.15, 0.2) is 12.1 Å². The van der Waals surface area contributed by atoms with Gasteiger partial charge in [-0.1, -0.05) is 31.8 Å². The molecule has 1 aliphatic heterocycles. The van der Waals surface area contributed by atoms with Gasteiger partial charge in [0.05, 0.1) is 27.9 Å². The van der Waals surface area contributed by atoms with Crippen LogP contribution in [-0.2, 0) is 0 Å². The van der Waals surface area contributed by atoms with E-state index in [0.29, 0.717) is 29.6 Å². The van der Waals surface area contributed by atoms with E-state index in [4.69, 9.17) is 9.47 Å². The molecule has 1 aromatic carbocycles. The summed E-state index contributed by atoms with van der Waals surface area (Å²) in [5.41, 5.74) is 0.570. The number of methoxy groups -OCH3 is 2. The molecule has 1 atom stereocenters. The summed E-state index contributed by atoms with van der Waals surface area (Å²) in [6.45, 7) is 11.8. The van der Waals surface area contributed by atoms with Gasteiger partial charge in [0.15, 0.2) is 11.5 Å². The largest absolute Gasteiger partial charge is 0.493 e. The van der Waals surface area contributed by atoms with Crippen LogP contribution in [0.3, 0.4) is 0 Å². The van der Waals surface area contributed by atoms with Crippen LogP contribution in [-0.4, -0.2) is 58.8 Å². The average molecular weight is 365 g/mol. The van der Waals surface area contributed by atoms with Crippen LogP contribution in [0.25, 0.3) is 0 Å². The summed E-state index contributed by atoms with van der Waals surface area (Å²) >= 11 is 0. The minimum absolute atomic E-state index is 0.0850. The van der Waals surface area contributed by atoms with E-state index in [1.165, 1.54) is 11.6 Å². The van der Waals surface area contributed by atoms with Gasteiger partial charge in [-0.2, -0.15) is 0 Å². The highest BCUT2D eigenvalue weighted by molar-refractivity contribution is 6.88. The number of rotatable bonds is 7. The Balaban J connectivity index is 2.25. The Hall–Kier alpha value is -1.53. The predicted octanol–water partition coefficient (Wildman–Crippen LogP) is 2.46. The van der Waals surface area contributed by atoms with Crippen LogP contribution in [0.2, 0.25) is 19.6 Å². The van der Waals surface area contributed by atoms with E-state index in [1.54, 1.807) is 14.2 Å². The maximum Gasteiger partial charge on any atom is 0.255 e. The number of carbonyl (C=O) groups is 1. The van der Waals surface area contributed by atoms with E-state index in [-0.39, 0.29) is 5.91 Å². The third-order valence-corrected chi connectivity index (χ3v) is 7.01. The zero-order valence-electron chi connectivity index (χ0n) is 16.4. The van der Waals surface area contributed by atoms with Crippen LogP contribution < -0.4 is 20.0 Å². The minimum atomic E-state index is -1.58. The summed E-state index contributed by atoms with van der Waals surface area (Å²) in [6.07, 6.45) is 2.35. The molecule has 1 unspecified atom stereocenters. The molecule has 0 saturated carbocycles. The molecule has 0 aliphatic carbocycles. The highest BCUT2D eigenvalue weighted by Crippen LogP contribution is 2.31. The van der Waals surface area contributed by atoms with Crippen molar-refractivity contribution in [3.05, 3.63) is 17.7 Å². The number of nitrogens with zero attached hydrogens (tertiary/aromatic N) is 1. The topological polar surface area (TPSA) is 50.8 Å². The number of hydrogen-bond donors (Lipinski definition) is 1. The van der Waals surface area contributed by atoms with Crippen molar-refractivity contribution in [3.8, 4) is 11.5 Å². The highest BCUT2D eigenvalue weighted by Gasteiger charge is 2.26. The molecule has 0 spiro atoms. The standard InChI is InChI=1S/C19H32N2O3Si/c1-7-21-10-8-9-14(21)13-20-19(22)16-11-15(25(4,5)6)12-17(23-2)18(16)24-3/h11-12,14H,7-10,13H2,1-6H3,(H,20,22). The second-order valence-electron chi connectivity index (χ2n) is 7.64. The number of benzene rings is 1. The fourth-order valence-corrected chi connectivity index (χ4v) is 4.56. The molecular formula is C19H32N2O3Si. The average Bonchev–Trinajstić information content (AvgIpc) is 3.04. The quantitative estimate of drug-likeness (QED) is 0.755. The van der Waals surface area contributed by atoms with Gasteiger partial charge >= 0.3 is 0 Å². The maximum atomic E-state index is 12.9. The second kappa shape index (κ2) is 8.23. The molecule has 6 heteroatoms. The van der Waals surface area contributed by atoms with Gasteiger partial charge in [0.25, 0.3) is 5.91 Å². The fourth-order valence-electron chi connectivity index (χ4n) is 3.41. The smallest absolute Gasteiger partial charge is 0.255 e. The summed E-state index contributed by atoms with van der Waals surface area (Å²) < 4.78 is 11.0. The van der Waals surface area contributed by atoms with E-state index in [0.717, 1.165) is 19.5 Å². The molecule has 1 heterocycles. The van der Waals surface area contributed by atoms with Crippen molar-refractivity contribution in [2.45, 2.75) is 45.4 Å². The summed E-state index contributed by atoms with van der Waals surface area (Å²) in [6, 6.07) is 4.43. The van der Waals surface area contributed by atoms with Crippen molar-refractivity contribution >= 4 is 19.2 Å². The first kappa shape index (κ1) is 19.8. The number of nitrogens with one attached hydrogen (secondary N) is 1. The zero-order valence-corrected chi connectivity index (χ0v) is 17.4. The molecule has 140 valence electrons. The van der Waals surface area contributed by atoms with Crippen LogP contribution in [0.4, 0.5) is 0 Å². The van der Waals surface area contributed by atoms with Gasteiger partial charge in [-0.15, -0.1) is 0 Å². The summed E-state index contributed by atoms with van der Waals surface area (Å²) in [4.78, 5) is 15.3. The van der Waals surface area contributed by atoms with Gasteiger partial charge < -0.3 is 14.8 Å². The van der Waals surface area contributed by atoms with Gasteiger partial charge in [0.2, 0.25) is 0 Å². The SMILES string of the molecule is CCN1CCCC1CNC(=O)c1cc([Si](C)(C)C)cc(OC)c1OC. The number of likely N-dealkylation sites (tertiary alicyclic amines) is 1. The van der Waals surface area contributed by atoms with E-state index in [1.807, 2.05) is 12.1 Å². The van der Waals surface area contributed by atoms with E-state index in [2.05, 4.69) is 36.8 Å². The first-order valence-electron chi connectivity index (χ1n) is 9.10. The lowest BCUT2D eigenvalue weighted by molar-refractivity contribution is 0.0938. The fraction of sp³-hybridized carbons (Fsp3) is 0.632. The minimum Gasteiger partial charge on any atom is -0.493 e. The lowest BCUT2D eigenvalue weighted by Crippen LogP contribution is -2.41. The van der Waals surface area contributed by atoms with Crippen LogP contribution >= 0.6 is 0 Å². The number of ether oxygens (including phenoxy) is 2. The first-order valence-corrected chi connectivity index (χ1v) is 12.6. The third kappa shape index (κ3) is 4.55. The Bertz CT molecular complexity index is 613. The molecule has 0 bridgehead atoms. The number of amides is 1. The highest BCUT2D eigenvalue weighted by atomic mass is 28.3. The molecule has 0 radical (unpaired) electrons. The Morgan fingerprint density at radius 2 is 2.00 bits per heavy atom. The summed E-state index contributed by atoms with van der Waals surface area (Å²) in [5, 5.41) is 4.30. The number of hydrogen-bond acceptors (Lipinski definition) is 4. The lowest BCUT2D eigenvalue weighted by atomic mass is 10.1. The van der Waals surface area contributed by atoms with E-state index in [9.17, 15) is 4.79 Å². The second-order valence-corrected chi connectivity index (χ2v) is 12.7. The molecule has 1 aliphatic rings. The van der Waals surface area contributed by atoms with Crippen molar-refractivity contribution in [1.82, 2.24) is 10.2 Å². The van der Waals surface area contributed by atoms with Gasteiger partial charge in [0.1, 0.15) is 0 Å². The normalized spacial score (nSPS) is 18.2. The molecule has 2 rings (SSSR count). The Kier molecular flexibility index (Phi) is 6.51. The summed E-state index contributed by atoms with van der Waals surface area (Å²) in [5.74, 6) is 1.06. The molecule has 1 aromatic rings.